The Kier molecular flexibility index (Phi) is 5.25. The molecular formula is C16H16HoN-. The molecular weight excluding hydrogens is 371 g/mol. The van der Waals surface area contributed by atoms with Gasteiger partial charge in [0.2, 0.25) is 0 Å². The first-order valence-corrected chi connectivity index (χ1v) is 6.11. The zero-order valence-corrected chi connectivity index (χ0v) is 12.0. The molecule has 1 aliphatic heterocycles. The molecule has 0 N–H and O–H groups in total. The van der Waals surface area contributed by atoms with Crippen LogP contribution in [0.4, 0.5) is 0 Å². The first kappa shape index (κ1) is 14.1. The van der Waals surface area contributed by atoms with Crippen LogP contribution >= 0.6 is 0 Å². The third kappa shape index (κ3) is 2.97. The third-order valence-corrected chi connectivity index (χ3v) is 3.32. The van der Waals surface area contributed by atoms with Gasteiger partial charge in [-0.05, 0) is 11.1 Å². The summed E-state index contributed by atoms with van der Waals surface area (Å²) in [4.78, 5) is 2.49. The minimum Gasteiger partial charge on any atom is -0.352 e. The topological polar surface area (TPSA) is 3.24 Å². The molecule has 0 amide bonds. The van der Waals surface area contributed by atoms with E-state index >= 15 is 0 Å². The summed E-state index contributed by atoms with van der Waals surface area (Å²) >= 11 is 0. The molecule has 3 rings (SSSR count). The molecule has 18 heavy (non-hydrogen) atoms. The fourth-order valence-corrected chi connectivity index (χ4v) is 2.37. The third-order valence-electron chi connectivity index (χ3n) is 3.32. The minimum atomic E-state index is 0. The van der Waals surface area contributed by atoms with Crippen LogP contribution in [-0.2, 0) is 0 Å². The molecule has 0 saturated carbocycles. The Labute approximate surface area is 139 Å². The van der Waals surface area contributed by atoms with Crippen molar-refractivity contribution >= 4 is 0 Å². The van der Waals surface area contributed by atoms with Gasteiger partial charge < -0.3 is 11.3 Å². The second kappa shape index (κ2) is 6.72. The second-order valence-electron chi connectivity index (χ2n) is 4.47. The first-order valence-electron chi connectivity index (χ1n) is 6.11. The van der Waals surface area contributed by atoms with E-state index in [1.165, 1.54) is 11.1 Å². The van der Waals surface area contributed by atoms with Crippen LogP contribution in [0, 0.1) is 44.2 Å². The molecule has 2 heteroatoms. The monoisotopic (exact) mass is 387 g/mol. The Morgan fingerprint density at radius 2 is 1.22 bits per heavy atom. The van der Waals surface area contributed by atoms with Crippen molar-refractivity contribution in [3.63, 3.8) is 0 Å². The molecule has 0 bridgehead atoms. The van der Waals surface area contributed by atoms with E-state index in [2.05, 4.69) is 72.0 Å². The Morgan fingerprint density at radius 3 is 1.56 bits per heavy atom. The van der Waals surface area contributed by atoms with Crippen LogP contribution in [0.1, 0.15) is 17.2 Å². The van der Waals surface area contributed by atoms with Crippen molar-refractivity contribution in [3.05, 3.63) is 78.2 Å². The first-order chi connectivity index (χ1) is 8.45. The number of hydrogen-bond acceptors (Lipinski definition) is 1. The van der Waals surface area contributed by atoms with Gasteiger partial charge in [-0.3, -0.25) is 0 Å². The smallest absolute Gasteiger partial charge is 0.0555 e. The molecule has 97 valence electrons. The van der Waals surface area contributed by atoms with Crippen molar-refractivity contribution in [2.45, 2.75) is 6.04 Å². The Bertz CT molecular complexity index is 425. The van der Waals surface area contributed by atoms with Gasteiger partial charge in [0.05, 0.1) is 6.04 Å². The van der Waals surface area contributed by atoms with E-state index in [1.54, 1.807) is 0 Å². The standard InChI is InChI=1S/C16H16N.Ho/c1-3-8-14(9-4-1)16(17-12-7-13-17)15-10-5-2-6-11-15;/h1-11,16H,12-13H2;/q-1;. The number of nitrogens with zero attached hydrogens (tertiary/aromatic N) is 1. The van der Waals surface area contributed by atoms with Crippen molar-refractivity contribution in [1.82, 2.24) is 4.90 Å². The van der Waals surface area contributed by atoms with E-state index < -0.39 is 0 Å². The van der Waals surface area contributed by atoms with Crippen molar-refractivity contribution in [2.24, 2.45) is 0 Å². The molecule has 1 saturated heterocycles. The quantitative estimate of drug-likeness (QED) is 0.577. The molecule has 1 radical (unpaired) electrons. The summed E-state index contributed by atoms with van der Waals surface area (Å²) in [5.74, 6) is 0. The molecule has 0 aromatic heterocycles. The van der Waals surface area contributed by atoms with Gasteiger partial charge >= 0.3 is 0 Å². The summed E-state index contributed by atoms with van der Waals surface area (Å²) in [6, 6.07) is 21.9. The minimum absolute atomic E-state index is 0. The fourth-order valence-electron chi connectivity index (χ4n) is 2.37. The molecule has 2 aromatic rings. The zero-order valence-electron chi connectivity index (χ0n) is 10.1. The van der Waals surface area contributed by atoms with Gasteiger partial charge in [0.25, 0.3) is 0 Å². The summed E-state index contributed by atoms with van der Waals surface area (Å²) in [7, 11) is 0. The van der Waals surface area contributed by atoms with Crippen LogP contribution in [-0.4, -0.2) is 18.0 Å². The summed E-state index contributed by atoms with van der Waals surface area (Å²) < 4.78 is 0. The molecule has 0 unspecified atom stereocenters. The number of hydrogen-bond donors (Lipinski definition) is 0. The Hall–Kier alpha value is -0.340. The largest absolute Gasteiger partial charge is 0.352 e. The predicted octanol–water partition coefficient (Wildman–Crippen LogP) is 3.30. The summed E-state index contributed by atoms with van der Waals surface area (Å²) in [5.41, 5.74) is 2.76. The molecule has 1 aliphatic rings. The van der Waals surface area contributed by atoms with E-state index in [9.17, 15) is 0 Å². The molecule has 1 heterocycles. The summed E-state index contributed by atoms with van der Waals surface area (Å²) in [6.07, 6.45) is 2.32. The molecule has 0 spiro atoms. The number of likely N-dealkylation sites (tertiary alicyclic amines) is 1. The van der Waals surface area contributed by atoms with E-state index in [0.717, 1.165) is 13.1 Å². The van der Waals surface area contributed by atoms with Crippen LogP contribution in [0.5, 0.6) is 0 Å². The SMILES string of the molecule is [Ho].c1ccc(C(c2ccccc2)N2C[CH-]C2)cc1. The zero-order chi connectivity index (χ0) is 11.5. The number of rotatable bonds is 3. The van der Waals surface area contributed by atoms with Crippen molar-refractivity contribution in [2.75, 3.05) is 13.1 Å². The second-order valence-corrected chi connectivity index (χ2v) is 4.47. The van der Waals surface area contributed by atoms with Gasteiger partial charge in [0, 0.05) is 37.7 Å². The predicted molar refractivity (Wildman–Crippen MR) is 70.6 cm³/mol. The maximum atomic E-state index is 2.49. The van der Waals surface area contributed by atoms with Crippen LogP contribution in [0.25, 0.3) is 0 Å². The van der Waals surface area contributed by atoms with Crippen molar-refractivity contribution in [3.8, 4) is 0 Å². The van der Waals surface area contributed by atoms with Gasteiger partial charge in [0.15, 0.2) is 0 Å². The Morgan fingerprint density at radius 1 is 0.778 bits per heavy atom. The van der Waals surface area contributed by atoms with Gasteiger partial charge in [0.1, 0.15) is 0 Å². The van der Waals surface area contributed by atoms with Crippen molar-refractivity contribution < 1.29 is 37.7 Å². The molecule has 2 aromatic carbocycles. The van der Waals surface area contributed by atoms with Gasteiger partial charge in [-0.1, -0.05) is 60.7 Å². The van der Waals surface area contributed by atoms with E-state index in [-0.39, 0.29) is 37.7 Å². The molecule has 0 aliphatic carbocycles. The average Bonchev–Trinajstić information content (AvgIpc) is 2.36. The average molecular weight is 387 g/mol. The van der Waals surface area contributed by atoms with Crippen LogP contribution < -0.4 is 0 Å². The van der Waals surface area contributed by atoms with Crippen LogP contribution in [0.15, 0.2) is 60.7 Å². The Balaban J connectivity index is 0.00000120. The van der Waals surface area contributed by atoms with Gasteiger partial charge in [-0.2, -0.15) is 0 Å². The molecule has 1 fully saturated rings. The normalized spacial score (nSPS) is 14.9. The van der Waals surface area contributed by atoms with Crippen molar-refractivity contribution in [1.29, 1.82) is 0 Å². The van der Waals surface area contributed by atoms with Gasteiger partial charge in [-0.25, -0.2) is 0 Å². The summed E-state index contributed by atoms with van der Waals surface area (Å²) in [6.45, 7) is 2.18. The van der Waals surface area contributed by atoms with E-state index in [1.807, 2.05) is 0 Å². The van der Waals surface area contributed by atoms with E-state index in [0.29, 0.717) is 6.04 Å². The summed E-state index contributed by atoms with van der Waals surface area (Å²) in [5, 5.41) is 0. The molecule has 0 atom stereocenters. The van der Waals surface area contributed by atoms with Crippen LogP contribution in [0.3, 0.4) is 0 Å². The van der Waals surface area contributed by atoms with Gasteiger partial charge in [-0.15, -0.1) is 13.1 Å². The maximum absolute atomic E-state index is 2.49. The van der Waals surface area contributed by atoms with E-state index in [4.69, 9.17) is 0 Å². The number of benzene rings is 2. The molecule has 1 nitrogen and oxygen atoms in total. The van der Waals surface area contributed by atoms with Crippen LogP contribution in [0.2, 0.25) is 0 Å². The maximum Gasteiger partial charge on any atom is 0.0555 e. The fraction of sp³-hybridized carbons (Fsp3) is 0.188.